The average Bonchev–Trinajstić information content (AvgIpc) is 3.30. The number of nitrogens with zero attached hydrogens (tertiary/aromatic N) is 2. The lowest BCUT2D eigenvalue weighted by molar-refractivity contribution is 0.125. The molecule has 2 atom stereocenters. The number of benzene rings is 2. The van der Waals surface area contributed by atoms with E-state index < -0.39 is 6.10 Å². The van der Waals surface area contributed by atoms with Crippen LogP contribution in [0.2, 0.25) is 10.0 Å². The Morgan fingerprint density at radius 2 is 1.70 bits per heavy atom. The van der Waals surface area contributed by atoms with Gasteiger partial charge in [0.15, 0.2) is 5.75 Å². The second-order valence-electron chi connectivity index (χ2n) is 8.71. The molecule has 1 N–H and O–H groups in total. The molecule has 0 aliphatic carbocycles. The summed E-state index contributed by atoms with van der Waals surface area (Å²) in [4.78, 5) is 4.07. The van der Waals surface area contributed by atoms with E-state index in [-0.39, 0.29) is 17.9 Å². The molecule has 0 aliphatic heterocycles. The van der Waals surface area contributed by atoms with Gasteiger partial charge in [0.05, 0.1) is 28.9 Å². The van der Waals surface area contributed by atoms with Crippen molar-refractivity contribution in [1.82, 2.24) is 9.55 Å². The highest BCUT2D eigenvalue weighted by Gasteiger charge is 2.26. The third-order valence-electron chi connectivity index (χ3n) is 5.51. The first kappa shape index (κ1) is 25.7. The van der Waals surface area contributed by atoms with Crippen LogP contribution in [0.5, 0.6) is 11.5 Å². The molecular weight excluding hydrogens is 483 g/mol. The van der Waals surface area contributed by atoms with Crippen molar-refractivity contribution in [3.8, 4) is 11.5 Å². The van der Waals surface area contributed by atoms with Crippen molar-refractivity contribution in [3.05, 3.63) is 76.3 Å². The lowest BCUT2D eigenvalue weighted by atomic mass is 9.78. The molecule has 3 rings (SSSR count). The molecule has 1 aromatic heterocycles. The van der Waals surface area contributed by atoms with Crippen LogP contribution in [0.1, 0.15) is 31.9 Å². The van der Waals surface area contributed by atoms with Gasteiger partial charge in [-0.25, -0.2) is 4.98 Å². The topological polar surface area (TPSA) is 56.5 Å². The molecule has 0 saturated heterocycles. The van der Waals surface area contributed by atoms with Gasteiger partial charge in [0, 0.05) is 30.3 Å². The fourth-order valence-corrected chi connectivity index (χ4v) is 4.15. The first-order chi connectivity index (χ1) is 15.7. The minimum Gasteiger partial charge on any atom is -0.493 e. The van der Waals surface area contributed by atoms with Crippen molar-refractivity contribution in [2.45, 2.75) is 38.8 Å². The van der Waals surface area contributed by atoms with Crippen LogP contribution >= 0.6 is 34.8 Å². The number of aliphatic hydroxyl groups is 1. The predicted octanol–water partition coefficient (Wildman–Crippen LogP) is 6.21. The Morgan fingerprint density at radius 3 is 2.27 bits per heavy atom. The van der Waals surface area contributed by atoms with E-state index in [1.807, 2.05) is 41.4 Å². The van der Waals surface area contributed by atoms with Crippen LogP contribution in [0.25, 0.3) is 0 Å². The zero-order chi connectivity index (χ0) is 24.0. The second kappa shape index (κ2) is 11.5. The summed E-state index contributed by atoms with van der Waals surface area (Å²) >= 11 is 18.5. The maximum absolute atomic E-state index is 9.62. The van der Waals surface area contributed by atoms with Crippen molar-refractivity contribution in [3.63, 3.8) is 0 Å². The molecule has 0 spiro atoms. The van der Waals surface area contributed by atoms with Crippen LogP contribution in [0, 0.1) is 5.92 Å². The SMILES string of the molecule is C[C@@H](COc1ccc(C(C)(C)c2cc(Cl)c(OC[C@H](O)CCl)c(Cl)c2)cc1)Cn1ccnc1. The van der Waals surface area contributed by atoms with E-state index in [0.717, 1.165) is 23.4 Å². The van der Waals surface area contributed by atoms with Gasteiger partial charge >= 0.3 is 0 Å². The Labute approximate surface area is 210 Å². The molecule has 5 nitrogen and oxygen atoms in total. The van der Waals surface area contributed by atoms with Crippen molar-refractivity contribution < 1.29 is 14.6 Å². The van der Waals surface area contributed by atoms with E-state index in [2.05, 4.69) is 37.9 Å². The summed E-state index contributed by atoms with van der Waals surface area (Å²) in [6.45, 7) is 7.86. The van der Waals surface area contributed by atoms with Gasteiger partial charge in [-0.05, 0) is 35.4 Å². The van der Waals surface area contributed by atoms with Gasteiger partial charge in [0.2, 0.25) is 0 Å². The summed E-state index contributed by atoms with van der Waals surface area (Å²) in [5, 5.41) is 10.4. The number of halogens is 3. The van der Waals surface area contributed by atoms with E-state index in [1.165, 1.54) is 0 Å². The number of aromatic nitrogens is 2. The van der Waals surface area contributed by atoms with Crippen LogP contribution in [-0.4, -0.2) is 39.9 Å². The fourth-order valence-electron chi connectivity index (χ4n) is 3.46. The number of alkyl halides is 1. The summed E-state index contributed by atoms with van der Waals surface area (Å²) < 4.78 is 13.6. The Balaban J connectivity index is 1.67. The van der Waals surface area contributed by atoms with Gasteiger partial charge in [0.1, 0.15) is 18.5 Å². The number of aliphatic hydroxyl groups excluding tert-OH is 1. The van der Waals surface area contributed by atoms with Gasteiger partial charge in [-0.2, -0.15) is 0 Å². The first-order valence-electron chi connectivity index (χ1n) is 10.8. The highest BCUT2D eigenvalue weighted by molar-refractivity contribution is 6.37. The molecular formula is C25H29Cl3N2O3. The fraction of sp³-hybridized carbons (Fsp3) is 0.400. The third-order valence-corrected chi connectivity index (χ3v) is 6.43. The smallest absolute Gasteiger partial charge is 0.156 e. The Morgan fingerprint density at radius 1 is 1.03 bits per heavy atom. The summed E-state index contributed by atoms with van der Waals surface area (Å²) in [6, 6.07) is 11.8. The maximum atomic E-state index is 9.62. The van der Waals surface area contributed by atoms with Crippen molar-refractivity contribution in [2.75, 3.05) is 19.1 Å². The predicted molar refractivity (Wildman–Crippen MR) is 134 cm³/mol. The molecule has 0 amide bonds. The van der Waals surface area contributed by atoms with E-state index >= 15 is 0 Å². The standard InChI is InChI=1S/C25H29Cl3N2O3/c1-17(13-30-9-8-29-16-30)14-32-21-6-4-18(5-7-21)25(2,3)19-10-22(27)24(23(28)11-19)33-15-20(31)12-26/h4-11,16-17,20,31H,12-15H2,1-3H3/t17-,20-/m1/s1. The highest BCUT2D eigenvalue weighted by Crippen LogP contribution is 2.40. The number of imidazole rings is 1. The minimum atomic E-state index is -0.787. The summed E-state index contributed by atoms with van der Waals surface area (Å²) in [6.07, 6.45) is 4.76. The van der Waals surface area contributed by atoms with Gasteiger partial charge in [-0.3, -0.25) is 0 Å². The Hall–Kier alpha value is -1.92. The van der Waals surface area contributed by atoms with E-state index in [0.29, 0.717) is 28.3 Å². The first-order valence-corrected chi connectivity index (χ1v) is 12.0. The van der Waals surface area contributed by atoms with Crippen LogP contribution in [0.4, 0.5) is 0 Å². The second-order valence-corrected chi connectivity index (χ2v) is 9.84. The molecule has 1 heterocycles. The monoisotopic (exact) mass is 510 g/mol. The van der Waals surface area contributed by atoms with Crippen LogP contribution in [0.15, 0.2) is 55.1 Å². The van der Waals surface area contributed by atoms with Crippen molar-refractivity contribution >= 4 is 34.8 Å². The molecule has 0 radical (unpaired) electrons. The minimum absolute atomic E-state index is 0.0219. The zero-order valence-electron chi connectivity index (χ0n) is 19.0. The molecule has 0 aliphatic rings. The lowest BCUT2D eigenvalue weighted by Gasteiger charge is -2.27. The Bertz CT molecular complexity index is 1000. The molecule has 3 aromatic rings. The number of hydrogen-bond acceptors (Lipinski definition) is 4. The van der Waals surface area contributed by atoms with E-state index in [4.69, 9.17) is 44.3 Å². The number of hydrogen-bond donors (Lipinski definition) is 1. The van der Waals surface area contributed by atoms with Gasteiger partial charge in [0.25, 0.3) is 0 Å². The summed E-state index contributed by atoms with van der Waals surface area (Å²) in [7, 11) is 0. The molecule has 0 fully saturated rings. The third kappa shape index (κ3) is 6.80. The van der Waals surface area contributed by atoms with Gasteiger partial charge in [-0.1, -0.05) is 56.1 Å². The number of ether oxygens (including phenoxy) is 2. The van der Waals surface area contributed by atoms with Crippen LogP contribution < -0.4 is 9.47 Å². The molecule has 0 saturated carbocycles. The molecule has 8 heteroatoms. The van der Waals surface area contributed by atoms with Gasteiger partial charge in [-0.15, -0.1) is 11.6 Å². The normalized spacial score (nSPS) is 13.5. The molecule has 0 unspecified atom stereocenters. The molecule has 178 valence electrons. The van der Waals surface area contributed by atoms with E-state index in [1.54, 1.807) is 6.20 Å². The zero-order valence-corrected chi connectivity index (χ0v) is 21.2. The Kier molecular flexibility index (Phi) is 8.94. The quantitative estimate of drug-likeness (QED) is 0.311. The molecule has 33 heavy (non-hydrogen) atoms. The maximum Gasteiger partial charge on any atom is 0.156 e. The van der Waals surface area contributed by atoms with Crippen molar-refractivity contribution in [2.24, 2.45) is 5.92 Å². The van der Waals surface area contributed by atoms with Crippen LogP contribution in [-0.2, 0) is 12.0 Å². The summed E-state index contributed by atoms with van der Waals surface area (Å²) in [5.41, 5.74) is 1.69. The van der Waals surface area contributed by atoms with Gasteiger partial charge < -0.3 is 19.1 Å². The van der Waals surface area contributed by atoms with Crippen LogP contribution in [0.3, 0.4) is 0 Å². The molecule has 0 bridgehead atoms. The average molecular weight is 512 g/mol. The van der Waals surface area contributed by atoms with E-state index in [9.17, 15) is 5.11 Å². The van der Waals surface area contributed by atoms with Crippen molar-refractivity contribution in [1.29, 1.82) is 0 Å². The number of rotatable bonds is 11. The highest BCUT2D eigenvalue weighted by atomic mass is 35.5. The summed E-state index contributed by atoms with van der Waals surface area (Å²) in [5.74, 6) is 1.59. The molecule has 2 aromatic carbocycles. The largest absolute Gasteiger partial charge is 0.493 e. The lowest BCUT2D eigenvalue weighted by Crippen LogP contribution is -2.20.